The van der Waals surface area contributed by atoms with Gasteiger partial charge in [-0.05, 0) is 13.0 Å². The molecule has 2 rings (SSSR count). The van der Waals surface area contributed by atoms with Crippen LogP contribution in [0.2, 0.25) is 5.02 Å². The zero-order chi connectivity index (χ0) is 12.4. The number of aliphatic hydroxyl groups is 1. The van der Waals surface area contributed by atoms with Crippen molar-refractivity contribution in [2.24, 2.45) is 0 Å². The van der Waals surface area contributed by atoms with Gasteiger partial charge in [-0.3, -0.25) is 9.67 Å². The number of rotatable bonds is 3. The zero-order valence-corrected chi connectivity index (χ0v) is 9.89. The maximum atomic E-state index is 13.0. The van der Waals surface area contributed by atoms with E-state index in [1.807, 2.05) is 6.92 Å². The Kier molecular flexibility index (Phi) is 3.40. The lowest BCUT2D eigenvalue weighted by atomic mass is 10.1. The first-order chi connectivity index (χ1) is 8.13. The van der Waals surface area contributed by atoms with E-state index in [0.717, 1.165) is 6.20 Å². The molecule has 0 amide bonds. The van der Waals surface area contributed by atoms with Gasteiger partial charge in [0, 0.05) is 18.3 Å². The molecule has 4 nitrogen and oxygen atoms in total. The van der Waals surface area contributed by atoms with E-state index >= 15 is 0 Å². The minimum absolute atomic E-state index is 0.349. The molecule has 0 radical (unpaired) electrons. The maximum absolute atomic E-state index is 13.0. The fourth-order valence-electron chi connectivity index (χ4n) is 1.63. The van der Waals surface area contributed by atoms with Crippen LogP contribution in [-0.2, 0) is 6.54 Å². The molecule has 0 saturated carbocycles. The van der Waals surface area contributed by atoms with E-state index in [4.69, 9.17) is 11.6 Å². The molecule has 6 heteroatoms. The van der Waals surface area contributed by atoms with Crippen LogP contribution in [0.25, 0.3) is 0 Å². The summed E-state index contributed by atoms with van der Waals surface area (Å²) in [5.41, 5.74) is 0.795. The summed E-state index contributed by atoms with van der Waals surface area (Å²) >= 11 is 5.95. The minimum atomic E-state index is -1.03. The summed E-state index contributed by atoms with van der Waals surface area (Å²) in [6.45, 7) is 2.45. The average molecular weight is 256 g/mol. The van der Waals surface area contributed by atoms with Gasteiger partial charge in [-0.2, -0.15) is 5.10 Å². The molecule has 1 atom stereocenters. The van der Waals surface area contributed by atoms with Crippen molar-refractivity contribution in [1.82, 2.24) is 14.8 Å². The Morgan fingerprint density at radius 2 is 2.24 bits per heavy atom. The molecule has 2 aromatic heterocycles. The molecule has 0 aliphatic rings. The molecule has 1 unspecified atom stereocenters. The molecule has 0 bridgehead atoms. The van der Waals surface area contributed by atoms with Gasteiger partial charge in [0.2, 0.25) is 0 Å². The molecule has 0 fully saturated rings. The Balaban J connectivity index is 2.43. The second kappa shape index (κ2) is 4.81. The fraction of sp³-hybridized carbons (Fsp3) is 0.273. The van der Waals surface area contributed by atoms with Crippen LogP contribution in [0.4, 0.5) is 4.39 Å². The van der Waals surface area contributed by atoms with Crippen molar-refractivity contribution < 1.29 is 9.50 Å². The van der Waals surface area contributed by atoms with E-state index in [1.165, 1.54) is 18.5 Å². The summed E-state index contributed by atoms with van der Waals surface area (Å²) in [6.07, 6.45) is 2.90. The van der Waals surface area contributed by atoms with E-state index in [0.29, 0.717) is 22.8 Å². The van der Waals surface area contributed by atoms with E-state index < -0.39 is 11.9 Å². The topological polar surface area (TPSA) is 50.9 Å². The highest BCUT2D eigenvalue weighted by atomic mass is 35.5. The van der Waals surface area contributed by atoms with Gasteiger partial charge >= 0.3 is 0 Å². The number of aliphatic hydroxyl groups excluding tert-OH is 1. The number of hydrogen-bond acceptors (Lipinski definition) is 3. The summed E-state index contributed by atoms with van der Waals surface area (Å²) in [5.74, 6) is -0.500. The third kappa shape index (κ3) is 2.30. The first-order valence-corrected chi connectivity index (χ1v) is 5.51. The van der Waals surface area contributed by atoms with E-state index in [1.54, 1.807) is 4.68 Å². The molecule has 0 aliphatic carbocycles. The van der Waals surface area contributed by atoms with Crippen LogP contribution in [0.5, 0.6) is 0 Å². The Labute approximate surface area is 103 Å². The van der Waals surface area contributed by atoms with Crippen LogP contribution in [0.3, 0.4) is 0 Å². The van der Waals surface area contributed by atoms with Gasteiger partial charge in [0.1, 0.15) is 11.9 Å². The molecule has 90 valence electrons. The van der Waals surface area contributed by atoms with Gasteiger partial charge in [0.15, 0.2) is 0 Å². The van der Waals surface area contributed by atoms with Gasteiger partial charge < -0.3 is 5.11 Å². The first kappa shape index (κ1) is 12.0. The predicted molar refractivity (Wildman–Crippen MR) is 61.2 cm³/mol. The van der Waals surface area contributed by atoms with Gasteiger partial charge in [-0.15, -0.1) is 0 Å². The lowest BCUT2D eigenvalue weighted by Gasteiger charge is -2.13. The highest BCUT2D eigenvalue weighted by Crippen LogP contribution is 2.27. The van der Waals surface area contributed by atoms with E-state index in [2.05, 4.69) is 10.1 Å². The highest BCUT2D eigenvalue weighted by Gasteiger charge is 2.19. The van der Waals surface area contributed by atoms with Crippen molar-refractivity contribution in [3.05, 3.63) is 46.8 Å². The molecule has 1 N–H and O–H groups in total. The molecule has 0 aromatic carbocycles. The van der Waals surface area contributed by atoms with E-state index in [9.17, 15) is 9.50 Å². The molecule has 0 saturated heterocycles. The quantitative estimate of drug-likeness (QED) is 0.915. The van der Waals surface area contributed by atoms with Gasteiger partial charge in [0.25, 0.3) is 0 Å². The third-order valence-electron chi connectivity index (χ3n) is 2.43. The Morgan fingerprint density at radius 1 is 1.47 bits per heavy atom. The van der Waals surface area contributed by atoms with E-state index in [-0.39, 0.29) is 0 Å². The lowest BCUT2D eigenvalue weighted by Crippen LogP contribution is -2.10. The zero-order valence-electron chi connectivity index (χ0n) is 9.14. The van der Waals surface area contributed by atoms with Crippen molar-refractivity contribution >= 4 is 11.6 Å². The smallest absolute Gasteiger partial charge is 0.141 e. The second-order valence-electron chi connectivity index (χ2n) is 3.53. The number of aromatic nitrogens is 3. The number of nitrogens with zero attached hydrogens (tertiary/aromatic N) is 3. The van der Waals surface area contributed by atoms with Crippen LogP contribution in [-0.4, -0.2) is 19.9 Å². The Morgan fingerprint density at radius 3 is 2.88 bits per heavy atom. The van der Waals surface area contributed by atoms with Crippen molar-refractivity contribution in [3.8, 4) is 0 Å². The number of halogens is 2. The molecular formula is C11H11ClFN3O. The van der Waals surface area contributed by atoms with Crippen LogP contribution >= 0.6 is 11.6 Å². The number of hydrogen-bond donors (Lipinski definition) is 1. The van der Waals surface area contributed by atoms with Gasteiger partial charge in [-0.1, -0.05) is 11.6 Å². The maximum Gasteiger partial charge on any atom is 0.141 e. The second-order valence-corrected chi connectivity index (χ2v) is 3.94. The SMILES string of the molecule is CCn1ncc(Cl)c1C(O)c1cncc(F)c1. The summed E-state index contributed by atoms with van der Waals surface area (Å²) < 4.78 is 14.6. The average Bonchev–Trinajstić information content (AvgIpc) is 2.69. The molecule has 2 heterocycles. The Bertz CT molecular complexity index is 529. The standard InChI is InChI=1S/C11H11ClFN3O/c1-2-16-10(9(12)6-15-16)11(17)7-3-8(13)5-14-4-7/h3-6,11,17H,2H2,1H3. The highest BCUT2D eigenvalue weighted by molar-refractivity contribution is 6.31. The summed E-state index contributed by atoms with van der Waals surface area (Å²) in [6, 6.07) is 1.22. The fourth-order valence-corrected chi connectivity index (χ4v) is 1.88. The first-order valence-electron chi connectivity index (χ1n) is 5.13. The molecule has 2 aromatic rings. The monoisotopic (exact) mass is 255 g/mol. The van der Waals surface area contributed by atoms with Crippen LogP contribution in [0, 0.1) is 5.82 Å². The van der Waals surface area contributed by atoms with Crippen molar-refractivity contribution in [2.75, 3.05) is 0 Å². The number of aryl methyl sites for hydroxylation is 1. The third-order valence-corrected chi connectivity index (χ3v) is 2.72. The van der Waals surface area contributed by atoms with Crippen LogP contribution in [0.15, 0.2) is 24.7 Å². The van der Waals surface area contributed by atoms with Crippen molar-refractivity contribution in [3.63, 3.8) is 0 Å². The largest absolute Gasteiger partial charge is 0.382 e. The van der Waals surface area contributed by atoms with Gasteiger partial charge in [-0.25, -0.2) is 4.39 Å². The van der Waals surface area contributed by atoms with Crippen molar-refractivity contribution in [1.29, 1.82) is 0 Å². The molecule has 17 heavy (non-hydrogen) atoms. The Hall–Kier alpha value is -1.46. The molecule has 0 spiro atoms. The summed E-state index contributed by atoms with van der Waals surface area (Å²) in [5, 5.41) is 14.5. The minimum Gasteiger partial charge on any atom is -0.382 e. The van der Waals surface area contributed by atoms with Crippen LogP contribution < -0.4 is 0 Å². The molecular weight excluding hydrogens is 245 g/mol. The normalized spacial score (nSPS) is 12.7. The van der Waals surface area contributed by atoms with Crippen molar-refractivity contribution in [2.45, 2.75) is 19.6 Å². The summed E-state index contributed by atoms with van der Waals surface area (Å²) in [7, 11) is 0. The van der Waals surface area contributed by atoms with Crippen LogP contribution in [0.1, 0.15) is 24.3 Å². The lowest BCUT2D eigenvalue weighted by molar-refractivity contribution is 0.207. The molecule has 0 aliphatic heterocycles. The number of pyridine rings is 1. The summed E-state index contributed by atoms with van der Waals surface area (Å²) in [4.78, 5) is 3.69. The predicted octanol–water partition coefficient (Wildman–Crippen LogP) is 2.17. The van der Waals surface area contributed by atoms with Gasteiger partial charge in [0.05, 0.1) is 23.1 Å².